The number of hydrogen-bond donors (Lipinski definition) is 1. The van der Waals surface area contributed by atoms with Crippen molar-refractivity contribution in [3.63, 3.8) is 0 Å². The molecule has 8 heteroatoms. The number of carbonyl (C=O) groups excluding carboxylic acids is 1. The van der Waals surface area contributed by atoms with Crippen LogP contribution in [0.4, 0.5) is 4.39 Å². The third-order valence-electron chi connectivity index (χ3n) is 4.53. The molecule has 1 aromatic heterocycles. The molecule has 2 heterocycles. The zero-order chi connectivity index (χ0) is 19.0. The van der Waals surface area contributed by atoms with Gasteiger partial charge in [0.1, 0.15) is 5.82 Å². The van der Waals surface area contributed by atoms with Gasteiger partial charge in [-0.1, -0.05) is 0 Å². The van der Waals surface area contributed by atoms with Gasteiger partial charge in [-0.15, -0.1) is 0 Å². The van der Waals surface area contributed by atoms with Crippen LogP contribution in [0.3, 0.4) is 0 Å². The first-order chi connectivity index (χ1) is 13.0. The highest BCUT2D eigenvalue weighted by atomic mass is 32.1. The number of amides is 1. The lowest BCUT2D eigenvalue weighted by Crippen LogP contribution is -2.40. The summed E-state index contributed by atoms with van der Waals surface area (Å²) in [7, 11) is 0. The fourth-order valence-corrected chi connectivity index (χ4v) is 3.42. The van der Waals surface area contributed by atoms with E-state index in [1.165, 1.54) is 28.8 Å². The highest BCUT2D eigenvalue weighted by molar-refractivity contribution is 7.71. The molecule has 4 rings (SSSR count). The van der Waals surface area contributed by atoms with E-state index in [-0.39, 0.29) is 16.2 Å². The molecule has 0 bridgehead atoms. The smallest absolute Gasteiger partial charge is 0.266 e. The Hall–Kier alpha value is -2.84. The Bertz CT molecular complexity index is 1130. The highest BCUT2D eigenvalue weighted by Gasteiger charge is 2.19. The number of aromatic nitrogens is 2. The maximum Gasteiger partial charge on any atom is 0.266 e. The minimum absolute atomic E-state index is 0.109. The quantitative estimate of drug-likeness (QED) is 0.689. The van der Waals surface area contributed by atoms with E-state index in [4.69, 9.17) is 17.0 Å². The molecule has 1 N–H and O–H groups in total. The van der Waals surface area contributed by atoms with Crippen molar-refractivity contribution in [3.8, 4) is 5.69 Å². The summed E-state index contributed by atoms with van der Waals surface area (Å²) in [5.74, 6) is -0.504. The van der Waals surface area contributed by atoms with Gasteiger partial charge < -0.3 is 14.6 Å². The summed E-state index contributed by atoms with van der Waals surface area (Å²) in [5, 5.41) is 0.395. The molecule has 0 aliphatic carbocycles. The molecule has 1 amide bonds. The number of benzene rings is 2. The van der Waals surface area contributed by atoms with Crippen molar-refractivity contribution >= 4 is 29.0 Å². The van der Waals surface area contributed by atoms with Gasteiger partial charge in [-0.25, -0.2) is 4.39 Å². The second kappa shape index (κ2) is 7.05. The number of carbonyl (C=O) groups is 1. The van der Waals surface area contributed by atoms with E-state index in [0.717, 1.165) is 0 Å². The summed E-state index contributed by atoms with van der Waals surface area (Å²) < 4.78 is 19.9. The molecule has 1 saturated heterocycles. The van der Waals surface area contributed by atoms with Crippen LogP contribution >= 0.6 is 12.2 Å². The van der Waals surface area contributed by atoms with E-state index in [1.54, 1.807) is 23.1 Å². The van der Waals surface area contributed by atoms with Gasteiger partial charge in [-0.05, 0) is 54.7 Å². The number of ether oxygens (including phenoxy) is 1. The molecule has 0 unspecified atom stereocenters. The molecule has 1 aliphatic heterocycles. The number of halogens is 1. The lowest BCUT2D eigenvalue weighted by atomic mass is 10.1. The summed E-state index contributed by atoms with van der Waals surface area (Å²) in [6, 6.07) is 10.4. The van der Waals surface area contributed by atoms with Crippen LogP contribution in [-0.2, 0) is 4.74 Å². The molecule has 2 aromatic carbocycles. The van der Waals surface area contributed by atoms with E-state index in [1.807, 2.05) is 0 Å². The zero-order valence-corrected chi connectivity index (χ0v) is 15.1. The normalized spacial score (nSPS) is 14.5. The van der Waals surface area contributed by atoms with E-state index in [9.17, 15) is 14.0 Å². The van der Waals surface area contributed by atoms with Gasteiger partial charge in [0.15, 0.2) is 4.77 Å². The summed E-state index contributed by atoms with van der Waals surface area (Å²) in [4.78, 5) is 30.3. The van der Waals surface area contributed by atoms with Crippen molar-refractivity contribution in [3.05, 3.63) is 69.0 Å². The first-order valence-electron chi connectivity index (χ1n) is 8.46. The first-order valence-corrected chi connectivity index (χ1v) is 8.87. The molecule has 3 aromatic rings. The Balaban J connectivity index is 1.79. The molecule has 1 aliphatic rings. The van der Waals surface area contributed by atoms with Gasteiger partial charge in [0.25, 0.3) is 11.5 Å². The molecule has 27 heavy (non-hydrogen) atoms. The Labute approximate surface area is 158 Å². The molecule has 0 spiro atoms. The number of morpholine rings is 1. The Kier molecular flexibility index (Phi) is 4.59. The minimum Gasteiger partial charge on any atom is -0.378 e. The van der Waals surface area contributed by atoms with Gasteiger partial charge in [0.05, 0.1) is 29.8 Å². The van der Waals surface area contributed by atoms with Gasteiger partial charge in [-0.3, -0.25) is 14.2 Å². The van der Waals surface area contributed by atoms with E-state index >= 15 is 0 Å². The number of rotatable bonds is 2. The number of H-pyrrole nitrogens is 1. The van der Waals surface area contributed by atoms with E-state index < -0.39 is 5.82 Å². The fourth-order valence-electron chi connectivity index (χ4n) is 3.12. The first kappa shape index (κ1) is 17.6. The van der Waals surface area contributed by atoms with Crippen LogP contribution in [0.2, 0.25) is 0 Å². The lowest BCUT2D eigenvalue weighted by Gasteiger charge is -2.26. The predicted octanol–water partition coefficient (Wildman–Crippen LogP) is 2.66. The molecule has 6 nitrogen and oxygen atoms in total. The van der Waals surface area contributed by atoms with Crippen LogP contribution in [0.25, 0.3) is 16.6 Å². The second-order valence-corrected chi connectivity index (χ2v) is 6.60. The van der Waals surface area contributed by atoms with Crippen molar-refractivity contribution in [1.29, 1.82) is 0 Å². The predicted molar refractivity (Wildman–Crippen MR) is 101 cm³/mol. The van der Waals surface area contributed by atoms with Gasteiger partial charge in [0.2, 0.25) is 0 Å². The SMILES string of the molecule is O=C(c1ccc2c(=O)n(-c3ccc(F)cc3)c(=S)[nH]c2c1)N1CCOCC1. The summed E-state index contributed by atoms with van der Waals surface area (Å²) in [6.07, 6.45) is 0. The number of aromatic amines is 1. The maximum absolute atomic E-state index is 13.2. The Morgan fingerprint density at radius 2 is 1.81 bits per heavy atom. The van der Waals surface area contributed by atoms with Crippen molar-refractivity contribution in [1.82, 2.24) is 14.5 Å². The Morgan fingerprint density at radius 3 is 2.52 bits per heavy atom. The molecule has 138 valence electrons. The van der Waals surface area contributed by atoms with Gasteiger partial charge >= 0.3 is 0 Å². The molecule has 1 fully saturated rings. The molecule has 0 saturated carbocycles. The van der Waals surface area contributed by atoms with Crippen molar-refractivity contribution in [2.24, 2.45) is 0 Å². The van der Waals surface area contributed by atoms with Crippen molar-refractivity contribution < 1.29 is 13.9 Å². The van der Waals surface area contributed by atoms with Crippen molar-refractivity contribution in [2.75, 3.05) is 26.3 Å². The lowest BCUT2D eigenvalue weighted by molar-refractivity contribution is 0.0303. The van der Waals surface area contributed by atoms with Crippen LogP contribution in [0.1, 0.15) is 10.4 Å². The number of nitrogens with one attached hydrogen (secondary N) is 1. The third kappa shape index (κ3) is 3.29. The number of nitrogens with zero attached hydrogens (tertiary/aromatic N) is 2. The standard InChI is InChI=1S/C19H16FN3O3S/c20-13-2-4-14(5-3-13)23-18(25)15-6-1-12(11-16(15)21-19(23)27)17(24)22-7-9-26-10-8-22/h1-6,11H,7-10H2,(H,21,27). The summed E-state index contributed by atoms with van der Waals surface area (Å²) in [6.45, 7) is 2.12. The van der Waals surface area contributed by atoms with E-state index in [2.05, 4.69) is 4.98 Å². The summed E-state index contributed by atoms with van der Waals surface area (Å²) >= 11 is 5.32. The van der Waals surface area contributed by atoms with Gasteiger partial charge in [0, 0.05) is 18.7 Å². The molecular formula is C19H16FN3O3S. The second-order valence-electron chi connectivity index (χ2n) is 6.21. The third-order valence-corrected chi connectivity index (χ3v) is 4.81. The average molecular weight is 385 g/mol. The monoisotopic (exact) mass is 385 g/mol. The molecule has 0 radical (unpaired) electrons. The molecular weight excluding hydrogens is 369 g/mol. The van der Waals surface area contributed by atoms with Crippen molar-refractivity contribution in [2.45, 2.75) is 0 Å². The number of fused-ring (bicyclic) bond motifs is 1. The van der Waals surface area contributed by atoms with Gasteiger partial charge in [-0.2, -0.15) is 0 Å². The van der Waals surface area contributed by atoms with E-state index in [0.29, 0.717) is 48.5 Å². The minimum atomic E-state index is -0.395. The van der Waals surface area contributed by atoms with Crippen LogP contribution in [-0.4, -0.2) is 46.7 Å². The topological polar surface area (TPSA) is 67.3 Å². The Morgan fingerprint density at radius 1 is 1.11 bits per heavy atom. The van der Waals surface area contributed by atoms with Crippen LogP contribution in [0.15, 0.2) is 47.3 Å². The number of hydrogen-bond acceptors (Lipinski definition) is 4. The summed E-state index contributed by atoms with van der Waals surface area (Å²) in [5.41, 5.74) is 1.11. The average Bonchev–Trinajstić information content (AvgIpc) is 2.69. The highest BCUT2D eigenvalue weighted by Crippen LogP contribution is 2.16. The molecule has 0 atom stereocenters. The van der Waals surface area contributed by atoms with Crippen LogP contribution < -0.4 is 5.56 Å². The maximum atomic E-state index is 13.2. The van der Waals surface area contributed by atoms with Crippen LogP contribution in [0.5, 0.6) is 0 Å². The van der Waals surface area contributed by atoms with Crippen LogP contribution in [0, 0.1) is 10.6 Å². The zero-order valence-electron chi connectivity index (χ0n) is 14.3. The fraction of sp³-hybridized carbons (Fsp3) is 0.211. The largest absolute Gasteiger partial charge is 0.378 e.